The Morgan fingerprint density at radius 3 is 2.94 bits per heavy atom. The summed E-state index contributed by atoms with van der Waals surface area (Å²) in [7, 11) is 0. The molecular formula is C29H31N3. The molecule has 3 nitrogen and oxygen atoms in total. The van der Waals surface area contributed by atoms with Crippen LogP contribution in [0.1, 0.15) is 56.3 Å². The normalized spacial score (nSPS) is 25.9. The molecule has 1 fully saturated rings. The lowest BCUT2D eigenvalue weighted by molar-refractivity contribution is 0.751. The maximum Gasteiger partial charge on any atom is 0.169 e. The minimum atomic E-state index is -0.276. The lowest BCUT2D eigenvalue weighted by atomic mass is 9.94. The molecule has 1 unspecified atom stereocenters. The van der Waals surface area contributed by atoms with Gasteiger partial charge in [0.1, 0.15) is 11.7 Å². The highest BCUT2D eigenvalue weighted by atomic mass is 15.2. The third kappa shape index (κ3) is 4.38. The van der Waals surface area contributed by atoms with Crippen LogP contribution in [0.5, 0.6) is 0 Å². The highest BCUT2D eigenvalue weighted by molar-refractivity contribution is 6.16. The van der Waals surface area contributed by atoms with E-state index >= 15 is 0 Å². The second kappa shape index (κ2) is 8.74. The largest absolute Gasteiger partial charge is 0.325 e. The van der Waals surface area contributed by atoms with Gasteiger partial charge in [-0.3, -0.25) is 0 Å². The Morgan fingerprint density at radius 2 is 2.12 bits per heavy atom. The van der Waals surface area contributed by atoms with Crippen molar-refractivity contribution in [1.29, 1.82) is 0 Å². The van der Waals surface area contributed by atoms with E-state index in [1.54, 1.807) is 0 Å². The number of nitrogens with one attached hydrogen (secondary N) is 1. The van der Waals surface area contributed by atoms with Crippen LogP contribution in [0.25, 0.3) is 5.57 Å². The fourth-order valence-corrected chi connectivity index (χ4v) is 4.57. The van der Waals surface area contributed by atoms with Gasteiger partial charge >= 0.3 is 0 Å². The van der Waals surface area contributed by atoms with E-state index in [0.717, 1.165) is 54.4 Å². The summed E-state index contributed by atoms with van der Waals surface area (Å²) in [5, 5.41) is 3.48. The lowest BCUT2D eigenvalue weighted by Gasteiger charge is -2.24. The average Bonchev–Trinajstić information content (AvgIpc) is 3.61. The van der Waals surface area contributed by atoms with E-state index < -0.39 is 0 Å². The molecule has 0 saturated heterocycles. The van der Waals surface area contributed by atoms with Gasteiger partial charge in [-0.2, -0.15) is 0 Å². The molecule has 4 aliphatic rings. The van der Waals surface area contributed by atoms with Gasteiger partial charge in [0.05, 0.1) is 0 Å². The quantitative estimate of drug-likeness (QED) is 0.480. The molecule has 5 rings (SSSR count). The molecule has 32 heavy (non-hydrogen) atoms. The van der Waals surface area contributed by atoms with E-state index in [9.17, 15) is 0 Å². The molecule has 1 heterocycles. The molecule has 0 aromatic heterocycles. The molecule has 3 aliphatic carbocycles. The van der Waals surface area contributed by atoms with Gasteiger partial charge in [-0.25, -0.2) is 9.98 Å². The van der Waals surface area contributed by atoms with Crippen LogP contribution in [0.15, 0.2) is 101 Å². The second-order valence-corrected chi connectivity index (χ2v) is 9.24. The SMILES string of the molecule is C=CCCC(=C)C1=N[C@@H](c2cccc(C3=CCCC(C)=C3)c2)N=C(C2=C[C@@H]3CC3C=C2)N1. The number of fused-ring (bicyclic) bond motifs is 1. The molecule has 1 saturated carbocycles. The molecule has 162 valence electrons. The molecule has 0 radical (unpaired) electrons. The number of hydrogen-bond acceptors (Lipinski definition) is 3. The van der Waals surface area contributed by atoms with Gasteiger partial charge in [0.2, 0.25) is 0 Å². The van der Waals surface area contributed by atoms with Gasteiger partial charge in [0.15, 0.2) is 6.17 Å². The van der Waals surface area contributed by atoms with Crippen LogP contribution in [-0.2, 0) is 0 Å². The minimum absolute atomic E-state index is 0.276. The Morgan fingerprint density at radius 1 is 1.22 bits per heavy atom. The van der Waals surface area contributed by atoms with Crippen LogP contribution in [0.3, 0.4) is 0 Å². The number of benzene rings is 1. The summed E-state index contributed by atoms with van der Waals surface area (Å²) >= 11 is 0. The first-order chi connectivity index (χ1) is 15.6. The van der Waals surface area contributed by atoms with Crippen LogP contribution < -0.4 is 5.32 Å². The molecule has 3 atom stereocenters. The third-order valence-electron chi connectivity index (χ3n) is 6.63. The van der Waals surface area contributed by atoms with Crippen molar-refractivity contribution in [2.24, 2.45) is 21.8 Å². The van der Waals surface area contributed by atoms with E-state index in [4.69, 9.17) is 9.98 Å². The van der Waals surface area contributed by atoms with E-state index in [0.29, 0.717) is 5.92 Å². The summed E-state index contributed by atoms with van der Waals surface area (Å²) in [5.74, 6) is 3.14. The molecule has 0 amide bonds. The summed E-state index contributed by atoms with van der Waals surface area (Å²) in [6.07, 6.45) is 18.4. The zero-order valence-corrected chi connectivity index (χ0v) is 18.8. The fourth-order valence-electron chi connectivity index (χ4n) is 4.57. The maximum atomic E-state index is 5.05. The predicted molar refractivity (Wildman–Crippen MR) is 136 cm³/mol. The number of rotatable bonds is 7. The Labute approximate surface area is 191 Å². The molecular weight excluding hydrogens is 390 g/mol. The van der Waals surface area contributed by atoms with Gasteiger partial charge < -0.3 is 5.32 Å². The van der Waals surface area contributed by atoms with Gasteiger partial charge in [0, 0.05) is 5.57 Å². The number of allylic oxidation sites excluding steroid dienone is 7. The summed E-state index contributed by atoms with van der Waals surface area (Å²) in [4.78, 5) is 10.0. The van der Waals surface area contributed by atoms with Gasteiger partial charge in [0.25, 0.3) is 0 Å². The van der Waals surface area contributed by atoms with Crippen LogP contribution in [0.2, 0.25) is 0 Å². The summed E-state index contributed by atoms with van der Waals surface area (Å²) in [6, 6.07) is 8.68. The van der Waals surface area contributed by atoms with Crippen molar-refractivity contribution in [2.45, 2.75) is 45.2 Å². The summed E-state index contributed by atoms with van der Waals surface area (Å²) < 4.78 is 0. The van der Waals surface area contributed by atoms with Crippen LogP contribution in [0, 0.1) is 11.8 Å². The number of nitrogens with zero attached hydrogens (tertiary/aromatic N) is 2. The maximum absolute atomic E-state index is 5.05. The van der Waals surface area contributed by atoms with Crippen LogP contribution in [0.4, 0.5) is 0 Å². The van der Waals surface area contributed by atoms with E-state index in [1.165, 1.54) is 28.7 Å². The van der Waals surface area contributed by atoms with Gasteiger partial charge in [-0.1, -0.05) is 66.8 Å². The Bertz CT molecular complexity index is 1140. The van der Waals surface area contributed by atoms with E-state index in [1.807, 2.05) is 6.08 Å². The molecule has 0 spiro atoms. The molecule has 3 heteroatoms. The highest BCUT2D eigenvalue weighted by Gasteiger charge is 2.36. The standard InChI is InChI=1S/C29H31N3/c1-4-5-9-20(3)27-30-28(32-29(31-27)25-14-13-23-17-26(23)18-25)24-12-7-11-22(16-24)21-10-6-8-19(2)15-21/h4,7,10-16,18,23,26,28H,1,3,5-6,8-9,17H2,2H3,(H,30,31,32)/t23?,26-,28+/m0/s1. The second-order valence-electron chi connectivity index (χ2n) is 9.24. The number of aliphatic imine (C=N–C) groups is 2. The molecule has 1 N–H and O–H groups in total. The Hall–Kier alpha value is -3.20. The van der Waals surface area contributed by atoms with Crippen molar-refractivity contribution in [1.82, 2.24) is 5.32 Å². The van der Waals surface area contributed by atoms with Crippen molar-refractivity contribution in [3.63, 3.8) is 0 Å². The summed E-state index contributed by atoms with van der Waals surface area (Å²) in [5.41, 5.74) is 7.24. The topological polar surface area (TPSA) is 36.8 Å². The number of hydrogen-bond donors (Lipinski definition) is 1. The smallest absolute Gasteiger partial charge is 0.169 e. The van der Waals surface area contributed by atoms with E-state index in [2.05, 4.69) is 80.0 Å². The highest BCUT2D eigenvalue weighted by Crippen LogP contribution is 2.44. The molecule has 1 aromatic rings. The molecule has 0 bridgehead atoms. The lowest BCUT2D eigenvalue weighted by Crippen LogP contribution is -2.36. The monoisotopic (exact) mass is 421 g/mol. The zero-order chi connectivity index (χ0) is 22.1. The van der Waals surface area contributed by atoms with Gasteiger partial charge in [-0.15, -0.1) is 6.58 Å². The van der Waals surface area contributed by atoms with Crippen molar-refractivity contribution >= 4 is 17.2 Å². The van der Waals surface area contributed by atoms with E-state index in [-0.39, 0.29) is 6.17 Å². The van der Waals surface area contributed by atoms with Crippen molar-refractivity contribution in [3.8, 4) is 0 Å². The Kier molecular flexibility index (Phi) is 5.65. The first-order valence-electron chi connectivity index (χ1n) is 11.7. The third-order valence-corrected chi connectivity index (χ3v) is 6.63. The van der Waals surface area contributed by atoms with Crippen molar-refractivity contribution in [2.75, 3.05) is 0 Å². The zero-order valence-electron chi connectivity index (χ0n) is 18.8. The Balaban J connectivity index is 1.49. The molecule has 1 aromatic carbocycles. The summed E-state index contributed by atoms with van der Waals surface area (Å²) in [6.45, 7) is 10.4. The van der Waals surface area contributed by atoms with Gasteiger partial charge in [-0.05, 0) is 79.2 Å². The van der Waals surface area contributed by atoms with Crippen molar-refractivity contribution < 1.29 is 0 Å². The first-order valence-corrected chi connectivity index (χ1v) is 11.7. The fraction of sp³-hybridized carbons (Fsp3) is 0.310. The minimum Gasteiger partial charge on any atom is -0.325 e. The van der Waals surface area contributed by atoms with Crippen molar-refractivity contribution in [3.05, 3.63) is 102 Å². The molecule has 1 aliphatic heterocycles. The first kappa shape index (κ1) is 20.7. The predicted octanol–water partition coefficient (Wildman–Crippen LogP) is 6.86. The van der Waals surface area contributed by atoms with Crippen LogP contribution in [-0.4, -0.2) is 11.7 Å². The van der Waals surface area contributed by atoms with Crippen LogP contribution >= 0.6 is 0 Å². The number of amidine groups is 2. The average molecular weight is 422 g/mol.